The molecule has 0 aliphatic carbocycles. The van der Waals surface area contributed by atoms with E-state index in [0.29, 0.717) is 22.6 Å². The van der Waals surface area contributed by atoms with Gasteiger partial charge >= 0.3 is 0 Å². The van der Waals surface area contributed by atoms with E-state index in [9.17, 15) is 9.90 Å². The van der Waals surface area contributed by atoms with Crippen LogP contribution in [0.4, 0.5) is 11.5 Å². The first-order valence-corrected chi connectivity index (χ1v) is 5.39. The molecule has 1 heterocycles. The fourth-order valence-corrected chi connectivity index (χ4v) is 1.53. The van der Waals surface area contributed by atoms with Crippen molar-refractivity contribution in [1.29, 1.82) is 0 Å². The number of nitrogens with zero attached hydrogens (tertiary/aromatic N) is 1. The van der Waals surface area contributed by atoms with Gasteiger partial charge in [0.05, 0.1) is 11.9 Å². The minimum absolute atomic E-state index is 0.0907. The number of phenolic OH excluding ortho intramolecular Hbond substituents is 1. The molecule has 1 amide bonds. The van der Waals surface area contributed by atoms with Gasteiger partial charge in [0.25, 0.3) is 5.91 Å². The van der Waals surface area contributed by atoms with Gasteiger partial charge in [-0.1, -0.05) is 6.07 Å². The predicted molar refractivity (Wildman–Crippen MR) is 69.4 cm³/mol. The Morgan fingerprint density at radius 2 is 2.11 bits per heavy atom. The Morgan fingerprint density at radius 3 is 2.78 bits per heavy atom. The number of pyridine rings is 1. The molecule has 2 aromatic rings. The maximum atomic E-state index is 12.0. The smallest absolute Gasteiger partial charge is 0.257 e. The summed E-state index contributed by atoms with van der Waals surface area (Å²) in [7, 11) is 0. The topological polar surface area (TPSA) is 88.2 Å². The zero-order valence-corrected chi connectivity index (χ0v) is 9.84. The second kappa shape index (κ2) is 4.75. The molecule has 0 saturated heterocycles. The molecule has 0 spiro atoms. The van der Waals surface area contributed by atoms with Crippen LogP contribution in [0.3, 0.4) is 0 Å². The lowest BCUT2D eigenvalue weighted by molar-refractivity contribution is 0.102. The van der Waals surface area contributed by atoms with Crippen molar-refractivity contribution < 1.29 is 9.90 Å². The van der Waals surface area contributed by atoms with E-state index >= 15 is 0 Å². The molecule has 0 unspecified atom stereocenters. The maximum Gasteiger partial charge on any atom is 0.257 e. The Hall–Kier alpha value is -2.56. The molecule has 5 heteroatoms. The van der Waals surface area contributed by atoms with Gasteiger partial charge in [-0.3, -0.25) is 4.79 Å². The van der Waals surface area contributed by atoms with E-state index in [2.05, 4.69) is 10.3 Å². The SMILES string of the molecule is Cc1c(O)cccc1C(=O)Nc1ccc(N)cn1. The zero-order valence-electron chi connectivity index (χ0n) is 9.84. The predicted octanol–water partition coefficient (Wildman–Crippen LogP) is 1.93. The second-order valence-electron chi connectivity index (χ2n) is 3.88. The molecule has 5 nitrogen and oxygen atoms in total. The number of nitrogen functional groups attached to an aromatic ring is 1. The highest BCUT2D eigenvalue weighted by molar-refractivity contribution is 6.05. The van der Waals surface area contributed by atoms with Gasteiger partial charge in [0, 0.05) is 11.1 Å². The van der Waals surface area contributed by atoms with Gasteiger partial charge < -0.3 is 16.2 Å². The molecule has 0 fully saturated rings. The summed E-state index contributed by atoms with van der Waals surface area (Å²) in [6, 6.07) is 8.06. The molecular weight excluding hydrogens is 230 g/mol. The number of aromatic nitrogens is 1. The van der Waals surface area contributed by atoms with Crippen LogP contribution in [0, 0.1) is 6.92 Å². The van der Waals surface area contributed by atoms with E-state index in [1.807, 2.05) is 0 Å². The summed E-state index contributed by atoms with van der Waals surface area (Å²) in [5.74, 6) is 0.186. The number of aromatic hydroxyl groups is 1. The van der Waals surface area contributed by atoms with E-state index in [0.717, 1.165) is 0 Å². The van der Waals surface area contributed by atoms with E-state index < -0.39 is 0 Å². The van der Waals surface area contributed by atoms with Gasteiger partial charge in [-0.15, -0.1) is 0 Å². The van der Waals surface area contributed by atoms with E-state index in [1.54, 1.807) is 31.2 Å². The number of carbonyl (C=O) groups is 1. The largest absolute Gasteiger partial charge is 0.508 e. The van der Waals surface area contributed by atoms with Crippen molar-refractivity contribution in [3.05, 3.63) is 47.7 Å². The number of hydrogen-bond acceptors (Lipinski definition) is 4. The van der Waals surface area contributed by atoms with Crippen LogP contribution in [-0.2, 0) is 0 Å². The van der Waals surface area contributed by atoms with Crippen molar-refractivity contribution in [1.82, 2.24) is 4.98 Å². The number of nitrogens with two attached hydrogens (primary N) is 1. The number of carbonyl (C=O) groups excluding carboxylic acids is 1. The monoisotopic (exact) mass is 243 g/mol. The maximum absolute atomic E-state index is 12.0. The first-order chi connectivity index (χ1) is 8.58. The van der Waals surface area contributed by atoms with Gasteiger partial charge in [0.15, 0.2) is 0 Å². The van der Waals surface area contributed by atoms with Crippen molar-refractivity contribution in [2.45, 2.75) is 6.92 Å². The first-order valence-electron chi connectivity index (χ1n) is 5.39. The number of benzene rings is 1. The van der Waals surface area contributed by atoms with Crippen LogP contribution < -0.4 is 11.1 Å². The molecular formula is C13H13N3O2. The minimum Gasteiger partial charge on any atom is -0.508 e. The molecule has 1 aromatic carbocycles. The number of nitrogens with one attached hydrogen (secondary N) is 1. The number of rotatable bonds is 2. The summed E-state index contributed by atoms with van der Waals surface area (Å²) in [4.78, 5) is 16.0. The molecule has 0 saturated carbocycles. The number of hydrogen-bond donors (Lipinski definition) is 3. The zero-order chi connectivity index (χ0) is 13.1. The summed E-state index contributed by atoms with van der Waals surface area (Å²) in [5, 5.41) is 12.2. The molecule has 92 valence electrons. The van der Waals surface area contributed by atoms with E-state index in [-0.39, 0.29) is 11.7 Å². The third-order valence-corrected chi connectivity index (χ3v) is 2.58. The summed E-state index contributed by atoms with van der Waals surface area (Å²) >= 11 is 0. The summed E-state index contributed by atoms with van der Waals surface area (Å²) in [6.45, 7) is 1.68. The van der Waals surface area contributed by atoms with E-state index in [1.165, 1.54) is 12.3 Å². The van der Waals surface area contributed by atoms with Crippen LogP contribution in [0.5, 0.6) is 5.75 Å². The van der Waals surface area contributed by atoms with Crippen molar-refractivity contribution in [2.75, 3.05) is 11.1 Å². The van der Waals surface area contributed by atoms with Gasteiger partial charge in [-0.25, -0.2) is 4.98 Å². The molecule has 0 radical (unpaired) electrons. The van der Waals surface area contributed by atoms with Crippen LogP contribution in [0.2, 0.25) is 0 Å². The standard InChI is InChI=1S/C13H13N3O2/c1-8-10(3-2-4-11(8)17)13(18)16-12-6-5-9(14)7-15-12/h2-7,17H,14H2,1H3,(H,15,16,18). The van der Waals surface area contributed by atoms with Gasteiger partial charge in [0.1, 0.15) is 11.6 Å². The van der Waals surface area contributed by atoms with Crippen LogP contribution in [0.25, 0.3) is 0 Å². The fraction of sp³-hybridized carbons (Fsp3) is 0.0769. The third-order valence-electron chi connectivity index (χ3n) is 2.58. The summed E-state index contributed by atoms with van der Waals surface area (Å²) in [6.07, 6.45) is 1.46. The molecule has 0 aliphatic heterocycles. The molecule has 2 rings (SSSR count). The Bertz CT molecular complexity index is 579. The highest BCUT2D eigenvalue weighted by atomic mass is 16.3. The van der Waals surface area contributed by atoms with Crippen molar-refractivity contribution >= 4 is 17.4 Å². The fourth-order valence-electron chi connectivity index (χ4n) is 1.53. The molecule has 0 aliphatic rings. The third kappa shape index (κ3) is 2.40. The lowest BCUT2D eigenvalue weighted by Crippen LogP contribution is -2.14. The highest BCUT2D eigenvalue weighted by Gasteiger charge is 2.11. The van der Waals surface area contributed by atoms with Crippen LogP contribution in [0.15, 0.2) is 36.5 Å². The van der Waals surface area contributed by atoms with Crippen molar-refractivity contribution in [3.63, 3.8) is 0 Å². The highest BCUT2D eigenvalue weighted by Crippen LogP contribution is 2.20. The Kier molecular flexibility index (Phi) is 3.14. The molecule has 0 atom stereocenters. The number of anilines is 2. The first kappa shape index (κ1) is 11.9. The number of amides is 1. The minimum atomic E-state index is -0.319. The summed E-state index contributed by atoms with van der Waals surface area (Å²) in [5.41, 5.74) is 6.98. The van der Waals surface area contributed by atoms with Crippen molar-refractivity contribution in [3.8, 4) is 5.75 Å². The summed E-state index contributed by atoms with van der Waals surface area (Å²) < 4.78 is 0. The Balaban J connectivity index is 2.22. The van der Waals surface area contributed by atoms with Crippen LogP contribution in [0.1, 0.15) is 15.9 Å². The molecule has 4 N–H and O–H groups in total. The van der Waals surface area contributed by atoms with Crippen LogP contribution >= 0.6 is 0 Å². The number of phenols is 1. The van der Waals surface area contributed by atoms with Crippen molar-refractivity contribution in [2.24, 2.45) is 0 Å². The lowest BCUT2D eigenvalue weighted by atomic mass is 10.1. The lowest BCUT2D eigenvalue weighted by Gasteiger charge is -2.08. The molecule has 0 bridgehead atoms. The normalized spacial score (nSPS) is 10.1. The average molecular weight is 243 g/mol. The average Bonchev–Trinajstić information content (AvgIpc) is 2.35. The van der Waals surface area contributed by atoms with Gasteiger partial charge in [-0.2, -0.15) is 0 Å². The molecule has 18 heavy (non-hydrogen) atoms. The van der Waals surface area contributed by atoms with Gasteiger partial charge in [0.2, 0.25) is 0 Å². The van der Waals surface area contributed by atoms with Gasteiger partial charge in [-0.05, 0) is 31.2 Å². The molecule has 1 aromatic heterocycles. The quantitative estimate of drug-likeness (QED) is 0.752. The Morgan fingerprint density at radius 1 is 1.33 bits per heavy atom. The van der Waals surface area contributed by atoms with E-state index in [4.69, 9.17) is 5.73 Å². The Labute approximate surface area is 104 Å². The second-order valence-corrected chi connectivity index (χ2v) is 3.88. The van der Waals surface area contributed by atoms with Crippen LogP contribution in [-0.4, -0.2) is 16.0 Å².